The van der Waals surface area contributed by atoms with E-state index >= 15 is 0 Å². The second kappa shape index (κ2) is 6.66. The summed E-state index contributed by atoms with van der Waals surface area (Å²) in [5, 5.41) is 3.76. The molecule has 1 aromatic rings. The number of nitrogens with one attached hydrogen (secondary N) is 1. The Bertz CT molecular complexity index is 333. The van der Waals surface area contributed by atoms with Crippen LogP contribution in [0, 0.1) is 0 Å². The first kappa shape index (κ1) is 13.2. The zero-order valence-corrected chi connectivity index (χ0v) is 10.7. The van der Waals surface area contributed by atoms with E-state index in [1.54, 1.807) is 13.2 Å². The summed E-state index contributed by atoms with van der Waals surface area (Å²) in [4.78, 5) is 8.47. The van der Waals surface area contributed by atoms with Crippen LogP contribution in [0.1, 0.15) is 26.1 Å². The molecule has 0 bridgehead atoms. The molecule has 16 heavy (non-hydrogen) atoms. The van der Waals surface area contributed by atoms with Gasteiger partial charge in [0.25, 0.3) is 0 Å². The second-order valence-electron chi connectivity index (χ2n) is 3.55. The lowest BCUT2D eigenvalue weighted by atomic mass is 10.2. The molecule has 0 aliphatic rings. The van der Waals surface area contributed by atoms with Crippen LogP contribution in [0.15, 0.2) is 6.07 Å². The number of aryl methyl sites for hydroxylation is 1. The number of aromatic nitrogens is 2. The van der Waals surface area contributed by atoms with Crippen LogP contribution in [0.4, 0.5) is 5.82 Å². The maximum atomic E-state index is 5.91. The second-order valence-corrected chi connectivity index (χ2v) is 3.94. The first-order valence-electron chi connectivity index (χ1n) is 5.48. The molecule has 1 aromatic heterocycles. The monoisotopic (exact) mass is 243 g/mol. The number of methoxy groups -OCH3 is 1. The summed E-state index contributed by atoms with van der Waals surface area (Å²) in [6.45, 7) is 4.75. The number of hydrogen-bond acceptors (Lipinski definition) is 4. The SMILES string of the molecule is CCc1nc(Cl)cc(NC(CC)COC)n1. The molecule has 0 amide bonds. The first-order chi connectivity index (χ1) is 7.69. The Kier molecular flexibility index (Phi) is 5.49. The molecule has 5 heteroatoms. The molecular formula is C11H18ClN3O. The molecule has 0 radical (unpaired) electrons. The lowest BCUT2D eigenvalue weighted by Crippen LogP contribution is -2.24. The van der Waals surface area contributed by atoms with E-state index in [0.717, 1.165) is 24.5 Å². The third-order valence-corrected chi connectivity index (χ3v) is 2.46. The van der Waals surface area contributed by atoms with Gasteiger partial charge in [0.15, 0.2) is 0 Å². The molecule has 0 aliphatic heterocycles. The molecule has 0 saturated carbocycles. The molecule has 4 nitrogen and oxygen atoms in total. The van der Waals surface area contributed by atoms with Crippen LogP contribution in [0.3, 0.4) is 0 Å². The van der Waals surface area contributed by atoms with Gasteiger partial charge in [-0.15, -0.1) is 0 Å². The van der Waals surface area contributed by atoms with Crippen molar-refractivity contribution in [3.05, 3.63) is 17.0 Å². The van der Waals surface area contributed by atoms with Gasteiger partial charge < -0.3 is 10.1 Å². The van der Waals surface area contributed by atoms with E-state index in [1.165, 1.54) is 0 Å². The van der Waals surface area contributed by atoms with Gasteiger partial charge in [-0.05, 0) is 6.42 Å². The quantitative estimate of drug-likeness (QED) is 0.780. The molecule has 0 aromatic carbocycles. The van der Waals surface area contributed by atoms with Crippen molar-refractivity contribution in [3.8, 4) is 0 Å². The molecule has 90 valence electrons. The highest BCUT2D eigenvalue weighted by molar-refractivity contribution is 6.29. The number of rotatable bonds is 6. The summed E-state index contributed by atoms with van der Waals surface area (Å²) in [7, 11) is 1.69. The fourth-order valence-electron chi connectivity index (χ4n) is 1.37. The summed E-state index contributed by atoms with van der Waals surface area (Å²) in [6, 6.07) is 1.99. The molecular weight excluding hydrogens is 226 g/mol. The predicted octanol–water partition coefficient (Wildman–Crippen LogP) is 2.53. The standard InChI is InChI=1S/C11H18ClN3O/c1-4-8(7-16-3)13-11-6-9(12)14-10(5-2)15-11/h6,8H,4-5,7H2,1-3H3,(H,13,14,15). The minimum absolute atomic E-state index is 0.251. The molecule has 1 rings (SSSR count). The van der Waals surface area contributed by atoms with Gasteiger partial charge in [0.2, 0.25) is 0 Å². The van der Waals surface area contributed by atoms with E-state index in [0.29, 0.717) is 11.8 Å². The van der Waals surface area contributed by atoms with E-state index in [4.69, 9.17) is 16.3 Å². The van der Waals surface area contributed by atoms with Crippen LogP contribution in [0.25, 0.3) is 0 Å². The van der Waals surface area contributed by atoms with Crippen LogP contribution in [0.5, 0.6) is 0 Å². The topological polar surface area (TPSA) is 47.0 Å². The van der Waals surface area contributed by atoms with Gasteiger partial charge in [0.05, 0.1) is 12.6 Å². The van der Waals surface area contributed by atoms with Crippen molar-refractivity contribution in [3.63, 3.8) is 0 Å². The number of ether oxygens (including phenoxy) is 1. The Morgan fingerprint density at radius 3 is 2.75 bits per heavy atom. The van der Waals surface area contributed by atoms with Crippen LogP contribution in [-0.2, 0) is 11.2 Å². The molecule has 1 unspecified atom stereocenters. The Hall–Kier alpha value is -0.870. The first-order valence-corrected chi connectivity index (χ1v) is 5.86. The van der Waals surface area contributed by atoms with Crippen molar-refractivity contribution in [2.45, 2.75) is 32.7 Å². The Labute approximate surface area is 101 Å². The van der Waals surface area contributed by atoms with Gasteiger partial charge in [0.1, 0.15) is 16.8 Å². The van der Waals surface area contributed by atoms with Crippen LogP contribution >= 0.6 is 11.6 Å². The summed E-state index contributed by atoms with van der Waals surface area (Å²) in [5.41, 5.74) is 0. The van der Waals surface area contributed by atoms with Crippen LogP contribution in [-0.4, -0.2) is 29.7 Å². The fraction of sp³-hybridized carbons (Fsp3) is 0.636. The Morgan fingerprint density at radius 2 is 2.19 bits per heavy atom. The van der Waals surface area contributed by atoms with E-state index in [2.05, 4.69) is 22.2 Å². The van der Waals surface area contributed by atoms with Crippen molar-refractivity contribution < 1.29 is 4.74 Å². The largest absolute Gasteiger partial charge is 0.383 e. The highest BCUT2D eigenvalue weighted by Gasteiger charge is 2.08. The zero-order chi connectivity index (χ0) is 12.0. The van der Waals surface area contributed by atoms with Crippen molar-refractivity contribution in [1.82, 2.24) is 9.97 Å². The van der Waals surface area contributed by atoms with Crippen molar-refractivity contribution in [2.75, 3.05) is 19.0 Å². The highest BCUT2D eigenvalue weighted by atomic mass is 35.5. The molecule has 0 saturated heterocycles. The van der Waals surface area contributed by atoms with Gasteiger partial charge in [-0.2, -0.15) is 0 Å². The van der Waals surface area contributed by atoms with E-state index < -0.39 is 0 Å². The van der Waals surface area contributed by atoms with Crippen molar-refractivity contribution in [2.24, 2.45) is 0 Å². The van der Waals surface area contributed by atoms with Crippen molar-refractivity contribution in [1.29, 1.82) is 0 Å². The molecule has 1 N–H and O–H groups in total. The lowest BCUT2D eigenvalue weighted by Gasteiger charge is -2.16. The lowest BCUT2D eigenvalue weighted by molar-refractivity contribution is 0.184. The number of anilines is 1. The number of halogens is 1. The van der Waals surface area contributed by atoms with Gasteiger partial charge in [0, 0.05) is 19.6 Å². The molecule has 0 spiro atoms. The van der Waals surface area contributed by atoms with Gasteiger partial charge in [-0.3, -0.25) is 0 Å². The molecule has 1 heterocycles. The van der Waals surface area contributed by atoms with Gasteiger partial charge >= 0.3 is 0 Å². The summed E-state index contributed by atoms with van der Waals surface area (Å²) in [6.07, 6.45) is 1.74. The maximum Gasteiger partial charge on any atom is 0.134 e. The Morgan fingerprint density at radius 1 is 1.44 bits per heavy atom. The third kappa shape index (κ3) is 3.94. The summed E-state index contributed by atoms with van der Waals surface area (Å²) in [5.74, 6) is 1.52. The smallest absolute Gasteiger partial charge is 0.134 e. The summed E-state index contributed by atoms with van der Waals surface area (Å²) < 4.78 is 5.11. The average molecular weight is 244 g/mol. The fourth-order valence-corrected chi connectivity index (χ4v) is 1.57. The zero-order valence-electron chi connectivity index (χ0n) is 9.96. The molecule has 0 fully saturated rings. The van der Waals surface area contributed by atoms with E-state index in [-0.39, 0.29) is 6.04 Å². The minimum Gasteiger partial charge on any atom is -0.383 e. The maximum absolute atomic E-state index is 5.91. The predicted molar refractivity (Wildman–Crippen MR) is 66.0 cm³/mol. The summed E-state index contributed by atoms with van der Waals surface area (Å²) >= 11 is 5.91. The third-order valence-electron chi connectivity index (χ3n) is 2.27. The van der Waals surface area contributed by atoms with E-state index in [9.17, 15) is 0 Å². The Balaban J connectivity index is 2.74. The normalized spacial score (nSPS) is 12.5. The highest BCUT2D eigenvalue weighted by Crippen LogP contribution is 2.13. The van der Waals surface area contributed by atoms with E-state index in [1.807, 2.05) is 6.92 Å². The van der Waals surface area contributed by atoms with Gasteiger partial charge in [-0.25, -0.2) is 9.97 Å². The molecule has 1 atom stereocenters. The van der Waals surface area contributed by atoms with Crippen LogP contribution in [0.2, 0.25) is 5.15 Å². The minimum atomic E-state index is 0.251. The van der Waals surface area contributed by atoms with Gasteiger partial charge in [-0.1, -0.05) is 25.4 Å². The average Bonchev–Trinajstić information content (AvgIpc) is 2.27. The van der Waals surface area contributed by atoms with Crippen molar-refractivity contribution >= 4 is 17.4 Å². The number of hydrogen-bond donors (Lipinski definition) is 1. The van der Waals surface area contributed by atoms with Crippen LogP contribution < -0.4 is 5.32 Å². The number of nitrogens with zero attached hydrogens (tertiary/aromatic N) is 2. The molecule has 0 aliphatic carbocycles.